The maximum atomic E-state index is 14.7. The lowest BCUT2D eigenvalue weighted by Gasteiger charge is -2.32. The van der Waals surface area contributed by atoms with Crippen LogP contribution in [0.1, 0.15) is 35.8 Å². The van der Waals surface area contributed by atoms with Crippen molar-refractivity contribution in [3.05, 3.63) is 53.4 Å². The Labute approximate surface area is 202 Å². The standard InChI is InChI=1S/C23H24F5N3O5/c1-11-16(13-4-5-14(24)17(25)18(13)35-9-8-34-3)19(36-22(11,2)23(26,27)28)21(33)31-12-6-7-30-15(10-12)20(29)32/h4-7,10-11,16,19H,8-9H2,1-3H3,(H2,29,32)(H,30,31,33)/t11-,16?,19?,22+/m0/s1. The SMILES string of the molecule is COCCOc1c(C2C(C(=O)Nc3ccnc(C(N)=O)c3)O[C@@](C)(C(F)(F)F)[C@H]2C)ccc(F)c1F. The first-order chi connectivity index (χ1) is 16.8. The number of anilines is 1. The highest BCUT2D eigenvalue weighted by Gasteiger charge is 2.65. The van der Waals surface area contributed by atoms with E-state index < -0.39 is 58.9 Å². The summed E-state index contributed by atoms with van der Waals surface area (Å²) < 4.78 is 86.5. The van der Waals surface area contributed by atoms with Gasteiger partial charge in [0.2, 0.25) is 5.82 Å². The van der Waals surface area contributed by atoms with Crippen molar-refractivity contribution < 1.29 is 45.8 Å². The molecule has 2 aromatic rings. The molecular weight excluding hydrogens is 493 g/mol. The Bertz CT molecular complexity index is 1150. The number of pyridine rings is 1. The molecule has 1 aliphatic rings. The monoisotopic (exact) mass is 517 g/mol. The number of methoxy groups -OCH3 is 1. The number of carbonyl (C=O) groups excluding carboxylic acids is 2. The Kier molecular flexibility index (Phi) is 7.84. The molecule has 0 spiro atoms. The van der Waals surface area contributed by atoms with E-state index in [0.717, 1.165) is 25.1 Å². The number of rotatable bonds is 8. The zero-order valence-electron chi connectivity index (χ0n) is 19.5. The molecule has 1 aliphatic heterocycles. The van der Waals surface area contributed by atoms with E-state index in [1.165, 1.54) is 26.3 Å². The van der Waals surface area contributed by atoms with Crippen LogP contribution in [0, 0.1) is 17.6 Å². The van der Waals surface area contributed by atoms with Gasteiger partial charge in [-0.05, 0) is 25.1 Å². The van der Waals surface area contributed by atoms with E-state index in [4.69, 9.17) is 19.9 Å². The fourth-order valence-electron chi connectivity index (χ4n) is 4.06. The zero-order chi connectivity index (χ0) is 26.8. The molecule has 2 amide bonds. The molecule has 1 aromatic carbocycles. The second kappa shape index (κ2) is 10.3. The van der Waals surface area contributed by atoms with Gasteiger partial charge in [-0.15, -0.1) is 0 Å². The summed E-state index contributed by atoms with van der Waals surface area (Å²) in [5, 5.41) is 2.38. The highest BCUT2D eigenvalue weighted by atomic mass is 19.4. The molecule has 2 heterocycles. The second-order valence-electron chi connectivity index (χ2n) is 8.36. The summed E-state index contributed by atoms with van der Waals surface area (Å²) in [6.45, 7) is 1.73. The number of carbonyl (C=O) groups is 2. The van der Waals surface area contributed by atoms with E-state index in [2.05, 4.69) is 10.3 Å². The van der Waals surface area contributed by atoms with Crippen molar-refractivity contribution in [2.24, 2.45) is 11.7 Å². The minimum Gasteiger partial charge on any atom is -0.488 e. The highest BCUT2D eigenvalue weighted by Crippen LogP contribution is 2.55. The van der Waals surface area contributed by atoms with Gasteiger partial charge in [0.15, 0.2) is 17.2 Å². The summed E-state index contributed by atoms with van der Waals surface area (Å²) >= 11 is 0. The number of halogens is 5. The fourth-order valence-corrected chi connectivity index (χ4v) is 4.06. The van der Waals surface area contributed by atoms with Crippen LogP contribution in [0.25, 0.3) is 0 Å². The topological polar surface area (TPSA) is 113 Å². The molecule has 3 rings (SSSR count). The molecule has 196 valence electrons. The number of hydrogen-bond donors (Lipinski definition) is 2. The summed E-state index contributed by atoms with van der Waals surface area (Å²) in [5.41, 5.74) is 2.00. The molecular formula is C23H24F5N3O5. The van der Waals surface area contributed by atoms with E-state index in [0.29, 0.717) is 0 Å². The lowest BCUT2D eigenvalue weighted by molar-refractivity contribution is -0.272. The Balaban J connectivity index is 2.07. The van der Waals surface area contributed by atoms with Crippen molar-refractivity contribution in [1.29, 1.82) is 0 Å². The number of nitrogens with two attached hydrogens (primary N) is 1. The summed E-state index contributed by atoms with van der Waals surface area (Å²) in [5.74, 6) is -8.09. The van der Waals surface area contributed by atoms with Crippen molar-refractivity contribution in [1.82, 2.24) is 4.98 Å². The molecule has 0 radical (unpaired) electrons. The largest absolute Gasteiger partial charge is 0.488 e. The van der Waals surface area contributed by atoms with Crippen LogP contribution in [-0.2, 0) is 14.3 Å². The number of nitrogens with one attached hydrogen (secondary N) is 1. The first-order valence-electron chi connectivity index (χ1n) is 10.7. The summed E-state index contributed by atoms with van der Waals surface area (Å²) in [6.07, 6.45) is -5.54. The molecule has 1 saturated heterocycles. The molecule has 0 saturated carbocycles. The molecule has 13 heteroatoms. The summed E-state index contributed by atoms with van der Waals surface area (Å²) in [4.78, 5) is 28.3. The third kappa shape index (κ3) is 5.12. The molecule has 36 heavy (non-hydrogen) atoms. The molecule has 8 nitrogen and oxygen atoms in total. The van der Waals surface area contributed by atoms with Crippen LogP contribution in [0.15, 0.2) is 30.5 Å². The van der Waals surface area contributed by atoms with Gasteiger partial charge in [0.25, 0.3) is 11.8 Å². The summed E-state index contributed by atoms with van der Waals surface area (Å²) in [6, 6.07) is 4.22. The number of ether oxygens (including phenoxy) is 3. The van der Waals surface area contributed by atoms with Crippen LogP contribution < -0.4 is 15.8 Å². The second-order valence-corrected chi connectivity index (χ2v) is 8.36. The number of nitrogens with zero attached hydrogens (tertiary/aromatic N) is 1. The van der Waals surface area contributed by atoms with Crippen LogP contribution in [0.2, 0.25) is 0 Å². The van der Waals surface area contributed by atoms with Crippen LogP contribution in [-0.4, -0.2) is 55.0 Å². The number of primary amides is 1. The molecule has 3 N–H and O–H groups in total. The fraction of sp³-hybridized carbons (Fsp3) is 0.435. The van der Waals surface area contributed by atoms with E-state index in [1.807, 2.05) is 0 Å². The number of alkyl halides is 3. The lowest BCUT2D eigenvalue weighted by atomic mass is 9.77. The van der Waals surface area contributed by atoms with Gasteiger partial charge in [0.05, 0.1) is 6.61 Å². The normalized spacial score (nSPS) is 23.9. The van der Waals surface area contributed by atoms with Gasteiger partial charge in [-0.1, -0.05) is 13.0 Å². The first-order valence-corrected chi connectivity index (χ1v) is 10.7. The van der Waals surface area contributed by atoms with Gasteiger partial charge in [0.1, 0.15) is 18.4 Å². The van der Waals surface area contributed by atoms with Gasteiger partial charge in [-0.2, -0.15) is 17.6 Å². The van der Waals surface area contributed by atoms with Gasteiger partial charge in [-0.3, -0.25) is 14.6 Å². The molecule has 1 fully saturated rings. The van der Waals surface area contributed by atoms with Crippen molar-refractivity contribution in [3.63, 3.8) is 0 Å². The third-order valence-electron chi connectivity index (χ3n) is 6.18. The van der Waals surface area contributed by atoms with Crippen LogP contribution >= 0.6 is 0 Å². The van der Waals surface area contributed by atoms with Crippen molar-refractivity contribution in [3.8, 4) is 5.75 Å². The van der Waals surface area contributed by atoms with Crippen molar-refractivity contribution in [2.45, 2.75) is 37.6 Å². The van der Waals surface area contributed by atoms with Gasteiger partial charge < -0.3 is 25.3 Å². The number of amides is 2. The highest BCUT2D eigenvalue weighted by molar-refractivity contribution is 5.97. The predicted molar refractivity (Wildman–Crippen MR) is 116 cm³/mol. The van der Waals surface area contributed by atoms with Gasteiger partial charge in [0, 0.05) is 36.4 Å². The average molecular weight is 517 g/mol. The number of aromatic nitrogens is 1. The number of benzene rings is 1. The van der Waals surface area contributed by atoms with E-state index in [9.17, 15) is 31.5 Å². The average Bonchev–Trinajstić information content (AvgIpc) is 3.09. The minimum absolute atomic E-state index is 0.0134. The lowest BCUT2D eigenvalue weighted by Crippen LogP contribution is -2.47. The van der Waals surface area contributed by atoms with Crippen LogP contribution in [0.3, 0.4) is 0 Å². The first kappa shape index (κ1) is 27.3. The smallest absolute Gasteiger partial charge is 0.417 e. The van der Waals surface area contributed by atoms with Crippen molar-refractivity contribution in [2.75, 3.05) is 25.6 Å². The van der Waals surface area contributed by atoms with Gasteiger partial charge >= 0.3 is 6.18 Å². The van der Waals surface area contributed by atoms with E-state index >= 15 is 0 Å². The maximum absolute atomic E-state index is 14.7. The Morgan fingerprint density at radius 1 is 1.22 bits per heavy atom. The Morgan fingerprint density at radius 2 is 1.92 bits per heavy atom. The third-order valence-corrected chi connectivity index (χ3v) is 6.18. The Hall–Kier alpha value is -3.32. The minimum atomic E-state index is -4.91. The van der Waals surface area contributed by atoms with E-state index in [1.54, 1.807) is 0 Å². The van der Waals surface area contributed by atoms with Gasteiger partial charge in [-0.25, -0.2) is 4.39 Å². The molecule has 4 atom stereocenters. The van der Waals surface area contributed by atoms with Crippen molar-refractivity contribution >= 4 is 17.5 Å². The van der Waals surface area contributed by atoms with Crippen LogP contribution in [0.5, 0.6) is 5.75 Å². The Morgan fingerprint density at radius 3 is 2.53 bits per heavy atom. The molecule has 2 unspecified atom stereocenters. The molecule has 1 aromatic heterocycles. The molecule has 0 bridgehead atoms. The summed E-state index contributed by atoms with van der Waals surface area (Å²) in [7, 11) is 1.34. The quantitative estimate of drug-likeness (QED) is 0.409. The van der Waals surface area contributed by atoms with Crippen LogP contribution in [0.4, 0.5) is 27.6 Å². The predicted octanol–water partition coefficient (Wildman–Crippen LogP) is 3.56. The molecule has 0 aliphatic carbocycles. The maximum Gasteiger partial charge on any atom is 0.417 e. The number of hydrogen-bond acceptors (Lipinski definition) is 6. The van der Waals surface area contributed by atoms with E-state index in [-0.39, 0.29) is 30.2 Å². The zero-order valence-corrected chi connectivity index (χ0v) is 19.5.